The van der Waals surface area contributed by atoms with Gasteiger partial charge in [0.2, 0.25) is 0 Å². The lowest BCUT2D eigenvalue weighted by atomic mass is 10.0. The highest BCUT2D eigenvalue weighted by Crippen LogP contribution is 2.24. The summed E-state index contributed by atoms with van der Waals surface area (Å²) in [6.45, 7) is 4.11. The molecular weight excluding hydrogens is 324 g/mol. The molecule has 1 N–H and O–H groups in total. The van der Waals surface area contributed by atoms with Crippen LogP contribution in [0.5, 0.6) is 0 Å². The molecule has 2 aromatic heterocycles. The first kappa shape index (κ1) is 14.8. The van der Waals surface area contributed by atoms with E-state index in [4.69, 9.17) is 0 Å². The third-order valence-electron chi connectivity index (χ3n) is 3.45. The quantitative estimate of drug-likeness (QED) is 0.904. The first-order chi connectivity index (χ1) is 8.97. The molecule has 0 aromatic carbocycles. The van der Waals surface area contributed by atoms with Crippen LogP contribution in [0.2, 0.25) is 0 Å². The van der Waals surface area contributed by atoms with Crippen molar-refractivity contribution in [1.29, 1.82) is 0 Å². The summed E-state index contributed by atoms with van der Waals surface area (Å²) in [5.74, 6) is 0. The Bertz CT molecular complexity index is 562. The van der Waals surface area contributed by atoms with Crippen LogP contribution in [0.1, 0.15) is 28.2 Å². The zero-order valence-corrected chi connectivity index (χ0v) is 13.9. The fourth-order valence-electron chi connectivity index (χ4n) is 2.29. The molecule has 19 heavy (non-hydrogen) atoms. The van der Waals surface area contributed by atoms with E-state index >= 15 is 0 Å². The standard InChI is InChI=1S/C14H19BrN2OS/c1-9-13(10(2)17(3)16-9)6-4-11(18)8-12-5-7-14(15)19-12/h5,7,11,18H,4,6,8H2,1-3H3. The molecule has 0 spiro atoms. The van der Waals surface area contributed by atoms with Gasteiger partial charge in [0, 0.05) is 24.0 Å². The van der Waals surface area contributed by atoms with E-state index in [0.717, 1.165) is 28.7 Å². The highest BCUT2D eigenvalue weighted by molar-refractivity contribution is 9.11. The van der Waals surface area contributed by atoms with Crippen LogP contribution in [-0.4, -0.2) is 21.0 Å². The smallest absolute Gasteiger partial charge is 0.0701 e. The number of hydrogen-bond acceptors (Lipinski definition) is 3. The van der Waals surface area contributed by atoms with Crippen LogP contribution >= 0.6 is 27.3 Å². The first-order valence-corrected chi connectivity index (χ1v) is 7.99. The van der Waals surface area contributed by atoms with Crippen molar-refractivity contribution in [2.45, 2.75) is 39.2 Å². The minimum atomic E-state index is -0.287. The maximum atomic E-state index is 10.1. The molecular formula is C14H19BrN2OS. The molecule has 1 unspecified atom stereocenters. The fraction of sp³-hybridized carbons (Fsp3) is 0.500. The van der Waals surface area contributed by atoms with Crippen molar-refractivity contribution >= 4 is 27.3 Å². The van der Waals surface area contributed by atoms with Gasteiger partial charge in [0.25, 0.3) is 0 Å². The van der Waals surface area contributed by atoms with E-state index in [1.807, 2.05) is 24.7 Å². The third-order valence-corrected chi connectivity index (χ3v) is 5.10. The van der Waals surface area contributed by atoms with Gasteiger partial charge in [0.1, 0.15) is 0 Å². The molecule has 0 fully saturated rings. The van der Waals surface area contributed by atoms with Crippen LogP contribution < -0.4 is 0 Å². The minimum Gasteiger partial charge on any atom is -0.393 e. The number of hydrogen-bond donors (Lipinski definition) is 1. The number of halogens is 1. The van der Waals surface area contributed by atoms with E-state index in [9.17, 15) is 5.11 Å². The lowest BCUT2D eigenvalue weighted by Crippen LogP contribution is -2.11. The van der Waals surface area contributed by atoms with Crippen molar-refractivity contribution < 1.29 is 5.11 Å². The second-order valence-electron chi connectivity index (χ2n) is 4.88. The molecule has 0 aliphatic rings. The second kappa shape index (κ2) is 6.20. The molecule has 0 radical (unpaired) electrons. The summed E-state index contributed by atoms with van der Waals surface area (Å²) >= 11 is 5.13. The number of nitrogens with zero attached hydrogens (tertiary/aromatic N) is 2. The SMILES string of the molecule is Cc1nn(C)c(C)c1CCC(O)Cc1ccc(Br)s1. The second-order valence-corrected chi connectivity index (χ2v) is 7.42. The third kappa shape index (κ3) is 3.68. The molecule has 0 aliphatic carbocycles. The van der Waals surface area contributed by atoms with E-state index in [2.05, 4.69) is 34.0 Å². The van der Waals surface area contributed by atoms with Crippen molar-refractivity contribution in [3.8, 4) is 0 Å². The van der Waals surface area contributed by atoms with E-state index in [-0.39, 0.29) is 6.10 Å². The Morgan fingerprint density at radius 1 is 1.42 bits per heavy atom. The Hall–Kier alpha value is -0.650. The van der Waals surface area contributed by atoms with Gasteiger partial charge in [0.05, 0.1) is 15.6 Å². The lowest BCUT2D eigenvalue weighted by Gasteiger charge is -2.09. The number of thiophene rings is 1. The Kier molecular flexibility index (Phi) is 4.81. The Morgan fingerprint density at radius 3 is 2.68 bits per heavy atom. The summed E-state index contributed by atoms with van der Waals surface area (Å²) in [5, 5.41) is 14.5. The fourth-order valence-corrected chi connectivity index (χ4v) is 3.84. The Balaban J connectivity index is 1.91. The van der Waals surface area contributed by atoms with Gasteiger partial charge in [-0.15, -0.1) is 11.3 Å². The summed E-state index contributed by atoms with van der Waals surface area (Å²) in [4.78, 5) is 1.22. The maximum Gasteiger partial charge on any atom is 0.0701 e. The van der Waals surface area contributed by atoms with Gasteiger partial charge in [-0.3, -0.25) is 4.68 Å². The zero-order valence-electron chi connectivity index (χ0n) is 11.5. The maximum absolute atomic E-state index is 10.1. The average molecular weight is 343 g/mol. The number of aliphatic hydroxyl groups is 1. The van der Waals surface area contributed by atoms with Gasteiger partial charge in [-0.2, -0.15) is 5.10 Å². The van der Waals surface area contributed by atoms with Gasteiger partial charge in [0.15, 0.2) is 0 Å². The van der Waals surface area contributed by atoms with Gasteiger partial charge >= 0.3 is 0 Å². The van der Waals surface area contributed by atoms with Crippen LogP contribution in [0.3, 0.4) is 0 Å². The van der Waals surface area contributed by atoms with E-state index < -0.39 is 0 Å². The first-order valence-electron chi connectivity index (χ1n) is 6.38. The zero-order chi connectivity index (χ0) is 14.0. The largest absolute Gasteiger partial charge is 0.393 e. The molecule has 0 saturated heterocycles. The van der Waals surface area contributed by atoms with Gasteiger partial charge < -0.3 is 5.11 Å². The molecule has 2 rings (SSSR count). The summed E-state index contributed by atoms with van der Waals surface area (Å²) in [6.07, 6.45) is 2.11. The monoisotopic (exact) mass is 342 g/mol. The number of aryl methyl sites for hydroxylation is 2. The van der Waals surface area contributed by atoms with Crippen LogP contribution in [0.15, 0.2) is 15.9 Å². The Morgan fingerprint density at radius 2 is 2.16 bits per heavy atom. The van der Waals surface area contributed by atoms with Crippen LogP contribution in [0.4, 0.5) is 0 Å². The van der Waals surface area contributed by atoms with Crippen LogP contribution in [0.25, 0.3) is 0 Å². The predicted molar refractivity (Wildman–Crippen MR) is 82.7 cm³/mol. The summed E-state index contributed by atoms with van der Waals surface area (Å²) in [6, 6.07) is 4.10. The van der Waals surface area contributed by atoms with Crippen molar-refractivity contribution in [3.63, 3.8) is 0 Å². The summed E-state index contributed by atoms with van der Waals surface area (Å²) in [5.41, 5.74) is 3.54. The molecule has 2 aromatic rings. The molecule has 5 heteroatoms. The van der Waals surface area contributed by atoms with Gasteiger partial charge in [-0.25, -0.2) is 0 Å². The lowest BCUT2D eigenvalue weighted by molar-refractivity contribution is 0.166. The highest BCUT2D eigenvalue weighted by atomic mass is 79.9. The van der Waals surface area contributed by atoms with Gasteiger partial charge in [-0.1, -0.05) is 0 Å². The molecule has 3 nitrogen and oxygen atoms in total. The normalized spacial score (nSPS) is 12.9. The van der Waals surface area contributed by atoms with Crippen molar-refractivity contribution in [2.75, 3.05) is 0 Å². The van der Waals surface area contributed by atoms with E-state index in [0.29, 0.717) is 0 Å². The molecule has 0 amide bonds. The van der Waals surface area contributed by atoms with Crippen molar-refractivity contribution in [1.82, 2.24) is 9.78 Å². The molecule has 1 atom stereocenters. The minimum absolute atomic E-state index is 0.287. The summed E-state index contributed by atoms with van der Waals surface area (Å²) in [7, 11) is 1.96. The van der Waals surface area contributed by atoms with E-state index in [1.54, 1.807) is 11.3 Å². The number of aromatic nitrogens is 2. The van der Waals surface area contributed by atoms with Crippen LogP contribution in [0, 0.1) is 13.8 Å². The molecule has 0 aliphatic heterocycles. The average Bonchev–Trinajstić information content (AvgIpc) is 2.83. The Labute approximate surface area is 126 Å². The van der Waals surface area contributed by atoms with Crippen molar-refractivity contribution in [3.05, 3.63) is 37.7 Å². The van der Waals surface area contributed by atoms with Crippen LogP contribution in [-0.2, 0) is 19.9 Å². The van der Waals surface area contributed by atoms with E-state index in [1.165, 1.54) is 16.1 Å². The van der Waals surface area contributed by atoms with Crippen molar-refractivity contribution in [2.24, 2.45) is 7.05 Å². The molecule has 2 heterocycles. The molecule has 0 bridgehead atoms. The van der Waals surface area contributed by atoms with Gasteiger partial charge in [-0.05, 0) is 60.3 Å². The highest BCUT2D eigenvalue weighted by Gasteiger charge is 2.13. The summed E-state index contributed by atoms with van der Waals surface area (Å²) < 4.78 is 3.03. The number of aliphatic hydroxyl groups excluding tert-OH is 1. The topological polar surface area (TPSA) is 38.0 Å². The predicted octanol–water partition coefficient (Wildman–Crippen LogP) is 3.40. The molecule has 0 saturated carbocycles. The number of rotatable bonds is 5. The molecule has 104 valence electrons.